The fourth-order valence-electron chi connectivity index (χ4n) is 4.25. The van der Waals surface area contributed by atoms with Crippen molar-refractivity contribution in [1.82, 2.24) is 0 Å². The van der Waals surface area contributed by atoms with Crippen molar-refractivity contribution in [3.63, 3.8) is 0 Å². The van der Waals surface area contributed by atoms with E-state index in [9.17, 15) is 0 Å². The normalized spacial score (nSPS) is 11.2. The van der Waals surface area contributed by atoms with Crippen molar-refractivity contribution in [2.24, 2.45) is 0 Å². The second-order valence-corrected chi connectivity index (χ2v) is 8.79. The molecule has 0 aliphatic heterocycles. The molecule has 0 unspecified atom stereocenters. The number of rotatable bonds is 17. The minimum absolute atomic E-state index is 0.931. The molecule has 0 amide bonds. The average Bonchev–Trinajstić information content (AvgIpc) is 2.84. The van der Waals surface area contributed by atoms with Crippen LogP contribution in [0.3, 0.4) is 0 Å². The van der Waals surface area contributed by atoms with E-state index in [1.807, 2.05) is 6.07 Å². The lowest BCUT2D eigenvalue weighted by atomic mass is 10.0. The first-order valence-corrected chi connectivity index (χ1v) is 12.8. The van der Waals surface area contributed by atoms with Gasteiger partial charge < -0.3 is 9.47 Å². The Labute approximate surface area is 197 Å². The summed E-state index contributed by atoms with van der Waals surface area (Å²) in [5.41, 5.74) is 3.48. The predicted octanol–water partition coefficient (Wildman–Crippen LogP) is 9.12. The Morgan fingerprint density at radius 2 is 1.06 bits per heavy atom. The summed E-state index contributed by atoms with van der Waals surface area (Å²) < 4.78 is 11.4. The lowest BCUT2D eigenvalue weighted by molar-refractivity contribution is 0.383. The van der Waals surface area contributed by atoms with Crippen LogP contribution in [-0.2, 0) is 6.42 Å². The quantitative estimate of drug-likeness (QED) is 0.182. The van der Waals surface area contributed by atoms with Gasteiger partial charge in [0, 0.05) is 5.56 Å². The van der Waals surface area contributed by atoms with Gasteiger partial charge in [0.15, 0.2) is 0 Å². The predicted molar refractivity (Wildman–Crippen MR) is 140 cm³/mol. The van der Waals surface area contributed by atoms with Crippen molar-refractivity contribution in [1.29, 1.82) is 0 Å². The van der Waals surface area contributed by atoms with Crippen LogP contribution < -0.4 is 9.47 Å². The van der Waals surface area contributed by atoms with E-state index < -0.39 is 0 Å². The molecule has 2 rings (SSSR count). The van der Waals surface area contributed by atoms with Crippen molar-refractivity contribution in [2.45, 2.75) is 90.4 Å². The van der Waals surface area contributed by atoms with Crippen molar-refractivity contribution in [3.05, 3.63) is 59.2 Å². The highest BCUT2D eigenvalue weighted by molar-refractivity contribution is 5.71. The zero-order chi connectivity index (χ0) is 22.9. The summed E-state index contributed by atoms with van der Waals surface area (Å²) >= 11 is 0. The van der Waals surface area contributed by atoms with Crippen LogP contribution in [0.25, 0.3) is 12.2 Å². The van der Waals surface area contributed by atoms with Gasteiger partial charge in [0.2, 0.25) is 0 Å². The Kier molecular flexibility index (Phi) is 13.4. The number of benzene rings is 2. The molecule has 0 aromatic heterocycles. The zero-order valence-corrected chi connectivity index (χ0v) is 20.7. The van der Waals surface area contributed by atoms with Gasteiger partial charge in [0.25, 0.3) is 0 Å². The topological polar surface area (TPSA) is 18.5 Å². The van der Waals surface area contributed by atoms with E-state index in [1.165, 1.54) is 88.2 Å². The van der Waals surface area contributed by atoms with E-state index >= 15 is 0 Å². The molecule has 0 N–H and O–H groups in total. The van der Waals surface area contributed by atoms with Crippen LogP contribution in [0.2, 0.25) is 0 Å². The summed E-state index contributed by atoms with van der Waals surface area (Å²) in [6.07, 6.45) is 21.7. The Balaban J connectivity index is 1.75. The molecule has 0 spiro atoms. The monoisotopic (exact) mass is 436 g/mol. The second kappa shape index (κ2) is 16.4. The Hall–Kier alpha value is -2.22. The lowest BCUT2D eigenvalue weighted by Crippen LogP contribution is -1.98. The van der Waals surface area contributed by atoms with Gasteiger partial charge >= 0.3 is 0 Å². The maximum atomic E-state index is 5.72. The minimum atomic E-state index is 0.931. The highest BCUT2D eigenvalue weighted by Gasteiger charge is 2.11. The van der Waals surface area contributed by atoms with E-state index in [4.69, 9.17) is 9.47 Å². The van der Waals surface area contributed by atoms with Gasteiger partial charge in [-0.25, -0.2) is 0 Å². The van der Waals surface area contributed by atoms with E-state index in [2.05, 4.69) is 55.5 Å². The van der Waals surface area contributed by atoms with E-state index in [0.29, 0.717) is 0 Å². The molecule has 2 nitrogen and oxygen atoms in total. The van der Waals surface area contributed by atoms with Crippen molar-refractivity contribution in [3.8, 4) is 11.5 Å². The summed E-state index contributed by atoms with van der Waals surface area (Å²) in [6.45, 7) is 2.28. The van der Waals surface area contributed by atoms with Crippen LogP contribution >= 0.6 is 0 Å². The average molecular weight is 437 g/mol. The number of hydrogen-bond donors (Lipinski definition) is 0. The molecular formula is C30H44O2. The van der Waals surface area contributed by atoms with E-state index in [-0.39, 0.29) is 0 Å². The molecule has 2 aromatic carbocycles. The van der Waals surface area contributed by atoms with Crippen molar-refractivity contribution in [2.75, 3.05) is 14.2 Å². The van der Waals surface area contributed by atoms with E-state index in [1.54, 1.807) is 14.2 Å². The molecule has 2 aromatic rings. The van der Waals surface area contributed by atoms with Gasteiger partial charge in [0.1, 0.15) is 11.5 Å². The fraction of sp³-hybridized carbons (Fsp3) is 0.533. The van der Waals surface area contributed by atoms with Crippen LogP contribution in [-0.4, -0.2) is 14.2 Å². The summed E-state index contributed by atoms with van der Waals surface area (Å²) in [5.74, 6) is 1.86. The maximum absolute atomic E-state index is 5.72. The number of unbranched alkanes of at least 4 members (excludes halogenated alkanes) is 11. The summed E-state index contributed by atoms with van der Waals surface area (Å²) in [6, 6.07) is 14.6. The van der Waals surface area contributed by atoms with Crippen molar-refractivity contribution >= 4 is 12.2 Å². The largest absolute Gasteiger partial charge is 0.496 e. The highest BCUT2D eigenvalue weighted by Crippen LogP contribution is 2.33. The second-order valence-electron chi connectivity index (χ2n) is 8.79. The molecule has 0 radical (unpaired) electrons. The molecule has 0 saturated carbocycles. The van der Waals surface area contributed by atoms with Crippen LogP contribution in [0.5, 0.6) is 11.5 Å². The van der Waals surface area contributed by atoms with Crippen LogP contribution in [0.1, 0.15) is 101 Å². The lowest BCUT2D eigenvalue weighted by Gasteiger charge is -2.14. The molecule has 32 heavy (non-hydrogen) atoms. The molecule has 2 heteroatoms. The summed E-state index contributed by atoms with van der Waals surface area (Å²) in [4.78, 5) is 0. The third-order valence-corrected chi connectivity index (χ3v) is 6.18. The molecule has 0 fully saturated rings. The molecule has 0 aliphatic carbocycles. The molecular weight excluding hydrogens is 392 g/mol. The van der Waals surface area contributed by atoms with Crippen molar-refractivity contribution < 1.29 is 9.47 Å². The smallest absolute Gasteiger partial charge is 0.126 e. The van der Waals surface area contributed by atoms with E-state index in [0.717, 1.165) is 23.5 Å². The SMILES string of the molecule is CCCCCCCCCCCCCCc1c(OC)cc(C=Cc2ccccc2)cc1OC. The van der Waals surface area contributed by atoms with Gasteiger partial charge in [-0.2, -0.15) is 0 Å². The molecule has 0 heterocycles. The van der Waals surface area contributed by atoms with Gasteiger partial charge in [0.05, 0.1) is 14.2 Å². The standard InChI is InChI=1S/C30H44O2/c1-4-5-6-7-8-9-10-11-12-13-14-18-21-28-29(31-2)24-27(25-30(28)32-3)23-22-26-19-16-15-17-20-26/h15-17,19-20,22-25H,4-14,18,21H2,1-3H3. The maximum Gasteiger partial charge on any atom is 0.126 e. The summed E-state index contributed by atoms with van der Waals surface area (Å²) in [5, 5.41) is 0. The van der Waals surface area contributed by atoms with Crippen LogP contribution in [0.15, 0.2) is 42.5 Å². The number of hydrogen-bond acceptors (Lipinski definition) is 2. The first-order chi connectivity index (χ1) is 15.8. The van der Waals surface area contributed by atoms with Gasteiger partial charge in [-0.15, -0.1) is 0 Å². The number of ether oxygens (including phenoxy) is 2. The molecule has 0 aliphatic rings. The number of methoxy groups -OCH3 is 2. The Bertz CT molecular complexity index is 739. The molecule has 176 valence electrons. The van der Waals surface area contributed by atoms with Gasteiger partial charge in [-0.05, 0) is 36.1 Å². The third-order valence-electron chi connectivity index (χ3n) is 6.18. The molecule has 0 saturated heterocycles. The summed E-state index contributed by atoms with van der Waals surface area (Å²) in [7, 11) is 3.51. The first-order valence-electron chi connectivity index (χ1n) is 12.8. The van der Waals surface area contributed by atoms with Crippen LogP contribution in [0, 0.1) is 0 Å². The van der Waals surface area contributed by atoms with Gasteiger partial charge in [-0.1, -0.05) is 120 Å². The fourth-order valence-corrected chi connectivity index (χ4v) is 4.25. The highest BCUT2D eigenvalue weighted by atomic mass is 16.5. The Morgan fingerprint density at radius 3 is 1.56 bits per heavy atom. The minimum Gasteiger partial charge on any atom is -0.496 e. The Morgan fingerprint density at radius 1 is 0.594 bits per heavy atom. The van der Waals surface area contributed by atoms with Gasteiger partial charge in [-0.3, -0.25) is 0 Å². The van der Waals surface area contributed by atoms with Crippen LogP contribution in [0.4, 0.5) is 0 Å². The molecule has 0 bridgehead atoms. The first kappa shape index (κ1) is 26.0. The third kappa shape index (κ3) is 9.94. The zero-order valence-electron chi connectivity index (χ0n) is 20.7. The molecule has 0 atom stereocenters.